The number of aliphatic hydroxyl groups excluding tert-OH is 1. The summed E-state index contributed by atoms with van der Waals surface area (Å²) in [5.74, 6) is 2.06. The van der Waals surface area contributed by atoms with Crippen molar-refractivity contribution < 1.29 is 23.9 Å². The Hall–Kier alpha value is -2.56. The van der Waals surface area contributed by atoms with Gasteiger partial charge in [0.15, 0.2) is 0 Å². The monoisotopic (exact) mass is 680 g/mol. The number of halogens is 1. The van der Waals surface area contributed by atoms with E-state index in [4.69, 9.17) is 9.57 Å². The molecule has 2 N–H and O–H groups in total. The van der Waals surface area contributed by atoms with Gasteiger partial charge in [-0.05, 0) is 92.6 Å². The second kappa shape index (κ2) is 15.8. The van der Waals surface area contributed by atoms with Crippen LogP contribution < -0.4 is 10.1 Å². The highest BCUT2D eigenvalue weighted by molar-refractivity contribution is 5.82. The number of benzene rings is 2. The van der Waals surface area contributed by atoms with E-state index in [-0.39, 0.29) is 29.7 Å². The number of likely N-dealkylation sites (N-methyl/N-ethyl adjacent to an activating group) is 1. The molecule has 3 aliphatic carbocycles. The Kier molecular flexibility index (Phi) is 12.1. The molecule has 2 bridgehead atoms. The van der Waals surface area contributed by atoms with Crippen molar-refractivity contribution in [2.75, 3.05) is 34.4 Å². The molecule has 0 radical (unpaired) electrons. The highest BCUT2D eigenvalue weighted by Crippen LogP contribution is 2.61. The topological polar surface area (TPSA) is 77.5 Å². The number of ether oxygens (including phenoxy) is 1. The summed E-state index contributed by atoms with van der Waals surface area (Å²) in [7, 11) is 5.75. The molecule has 9 heteroatoms. The fraction of sp³-hybridized carbons (Fsp3) is 0.675. The van der Waals surface area contributed by atoms with Crippen LogP contribution in [0.3, 0.4) is 0 Å². The Bertz CT molecular complexity index is 1410. The molecule has 1 heterocycles. The van der Waals surface area contributed by atoms with Crippen LogP contribution in [0.4, 0.5) is 4.39 Å². The van der Waals surface area contributed by atoms with E-state index >= 15 is 4.39 Å². The van der Waals surface area contributed by atoms with E-state index in [0.29, 0.717) is 66.6 Å². The number of fused-ring (bicyclic) bond motifs is 2. The Morgan fingerprint density at radius 3 is 2.47 bits per heavy atom. The van der Waals surface area contributed by atoms with Crippen molar-refractivity contribution >= 4 is 5.91 Å². The molecule has 4 fully saturated rings. The van der Waals surface area contributed by atoms with Gasteiger partial charge in [-0.1, -0.05) is 65.0 Å². The quantitative estimate of drug-likeness (QED) is 0.235. The zero-order chi connectivity index (χ0) is 35.6. The smallest absolute Gasteiger partial charge is 0.240 e. The zero-order valence-electron chi connectivity index (χ0n) is 31.3. The number of carbonyl (C=O) groups is 1. The number of nitrogens with one attached hydrogen (secondary N) is 1. The van der Waals surface area contributed by atoms with Crippen molar-refractivity contribution in [1.82, 2.24) is 20.2 Å². The first-order valence-corrected chi connectivity index (χ1v) is 18.4. The maximum atomic E-state index is 15.2. The van der Waals surface area contributed by atoms with Crippen LogP contribution in [0.2, 0.25) is 0 Å². The summed E-state index contributed by atoms with van der Waals surface area (Å²) in [6.07, 6.45) is 2.55. The lowest BCUT2D eigenvalue weighted by Crippen LogP contribution is -2.62. The molecule has 49 heavy (non-hydrogen) atoms. The van der Waals surface area contributed by atoms with Gasteiger partial charge in [0.05, 0.1) is 26.4 Å². The van der Waals surface area contributed by atoms with Crippen molar-refractivity contribution in [3.05, 3.63) is 65.0 Å². The van der Waals surface area contributed by atoms with Crippen molar-refractivity contribution in [1.29, 1.82) is 0 Å². The van der Waals surface area contributed by atoms with Gasteiger partial charge >= 0.3 is 0 Å². The molecule has 0 unspecified atom stereocenters. The van der Waals surface area contributed by atoms with Crippen LogP contribution in [0.15, 0.2) is 42.5 Å². The molecule has 2 aromatic rings. The largest absolute Gasteiger partial charge is 0.496 e. The van der Waals surface area contributed by atoms with Crippen LogP contribution >= 0.6 is 0 Å². The number of hydroxylamine groups is 2. The van der Waals surface area contributed by atoms with E-state index in [1.165, 1.54) is 12.5 Å². The van der Waals surface area contributed by atoms with Gasteiger partial charge in [-0.25, -0.2) is 4.39 Å². The zero-order valence-corrected chi connectivity index (χ0v) is 31.3. The van der Waals surface area contributed by atoms with Crippen LogP contribution in [0.5, 0.6) is 5.75 Å². The van der Waals surface area contributed by atoms with Gasteiger partial charge in [-0.15, -0.1) is 0 Å². The van der Waals surface area contributed by atoms with E-state index in [1.54, 1.807) is 25.2 Å². The average molecular weight is 681 g/mol. The summed E-state index contributed by atoms with van der Waals surface area (Å²) in [4.78, 5) is 24.7. The molecule has 6 rings (SSSR count). The molecule has 1 saturated heterocycles. The SMILES string of the molecule is COc1cccc(F)c1CN(Cc1cccc(CN2OC[C@@H]([C@H](C)O)[C@H]2C(=O)N[C@H]2C[C@H]3C[C@@H]([C@@H]2C)C3(C)C)c1)[C@@H](CC(C)C)CN(C)C. The lowest BCUT2D eigenvalue weighted by molar-refractivity contribution is -0.161. The van der Waals surface area contributed by atoms with E-state index in [9.17, 15) is 9.90 Å². The second-order valence-electron chi connectivity index (χ2n) is 16.5. The predicted molar refractivity (Wildman–Crippen MR) is 192 cm³/mol. The summed E-state index contributed by atoms with van der Waals surface area (Å²) in [6.45, 7) is 15.8. The third-order valence-corrected chi connectivity index (χ3v) is 11.9. The van der Waals surface area contributed by atoms with Crippen molar-refractivity contribution in [2.24, 2.45) is 35.0 Å². The average Bonchev–Trinajstić information content (AvgIpc) is 3.45. The summed E-state index contributed by atoms with van der Waals surface area (Å²) in [5, 5.41) is 15.9. The molecule has 272 valence electrons. The van der Waals surface area contributed by atoms with Gasteiger partial charge in [0.2, 0.25) is 5.91 Å². The van der Waals surface area contributed by atoms with Crippen LogP contribution in [0, 0.1) is 40.8 Å². The first-order valence-electron chi connectivity index (χ1n) is 18.4. The molecular weight excluding hydrogens is 619 g/mol. The van der Waals surface area contributed by atoms with Crippen LogP contribution in [-0.4, -0.2) is 84.5 Å². The first-order chi connectivity index (χ1) is 23.2. The van der Waals surface area contributed by atoms with E-state index in [0.717, 1.165) is 30.5 Å². The standard InChI is InChI=1S/C40H61FN4O4/c1-25(2)16-31(22-43(7)8)44(23-32-35(41)14-11-15-37(32)48-9)20-28-12-10-13-29(17-28)21-45-38(33(24-49-45)27(4)46)39(47)42-36-19-30-18-34(26(36)3)40(30,5)6/h10-15,17,25-27,30-31,33-34,36,38,46H,16,18-24H2,1-9H3,(H,42,47)/t26-,27-,30+,31-,33-,34-,36-,38-/m0/s1. The minimum Gasteiger partial charge on any atom is -0.496 e. The maximum absolute atomic E-state index is 15.2. The molecule has 1 amide bonds. The maximum Gasteiger partial charge on any atom is 0.240 e. The van der Waals surface area contributed by atoms with Gasteiger partial charge in [0.1, 0.15) is 17.6 Å². The fourth-order valence-corrected chi connectivity index (χ4v) is 8.99. The normalized spacial score (nSPS) is 27.7. The van der Waals surface area contributed by atoms with E-state index < -0.39 is 12.1 Å². The van der Waals surface area contributed by atoms with Crippen molar-refractivity contribution in [2.45, 2.75) is 105 Å². The van der Waals surface area contributed by atoms with Gasteiger partial charge < -0.3 is 20.1 Å². The van der Waals surface area contributed by atoms with Gasteiger partial charge in [0, 0.05) is 43.2 Å². The van der Waals surface area contributed by atoms with Crippen LogP contribution in [0.25, 0.3) is 0 Å². The Labute approximate surface area is 294 Å². The number of nitrogens with zero attached hydrogens (tertiary/aromatic N) is 3. The van der Waals surface area contributed by atoms with Gasteiger partial charge in [-0.3, -0.25) is 14.5 Å². The number of aliphatic hydroxyl groups is 1. The van der Waals surface area contributed by atoms with Gasteiger partial charge in [0.25, 0.3) is 0 Å². The first kappa shape index (κ1) is 37.7. The Morgan fingerprint density at radius 1 is 1.12 bits per heavy atom. The lowest BCUT2D eigenvalue weighted by atomic mass is 9.45. The summed E-state index contributed by atoms with van der Waals surface area (Å²) in [6, 6.07) is 13.1. The fourth-order valence-electron chi connectivity index (χ4n) is 8.99. The number of carbonyl (C=O) groups excluding carboxylic acids is 1. The molecule has 8 atom stereocenters. The molecule has 0 spiro atoms. The highest BCUT2D eigenvalue weighted by Gasteiger charge is 2.57. The third kappa shape index (κ3) is 8.50. The van der Waals surface area contributed by atoms with Gasteiger partial charge in [-0.2, -0.15) is 5.06 Å². The second-order valence-corrected chi connectivity index (χ2v) is 16.5. The molecular formula is C40H61FN4O4. The summed E-state index contributed by atoms with van der Waals surface area (Å²) in [5.41, 5.74) is 3.02. The minimum absolute atomic E-state index is 0.0549. The Balaban J connectivity index is 1.35. The minimum atomic E-state index is -0.679. The van der Waals surface area contributed by atoms with Crippen LogP contribution in [-0.2, 0) is 29.3 Å². The molecule has 2 aromatic carbocycles. The molecule has 1 aliphatic heterocycles. The Morgan fingerprint density at radius 2 is 1.84 bits per heavy atom. The number of rotatable bonds is 15. The van der Waals surface area contributed by atoms with Crippen molar-refractivity contribution in [3.8, 4) is 5.75 Å². The third-order valence-electron chi connectivity index (χ3n) is 11.9. The predicted octanol–water partition coefficient (Wildman–Crippen LogP) is 6.11. The van der Waals surface area contributed by atoms with Crippen molar-refractivity contribution in [3.63, 3.8) is 0 Å². The van der Waals surface area contributed by atoms with E-state index in [2.05, 4.69) is 82.0 Å². The molecule has 3 saturated carbocycles. The molecule has 4 aliphatic rings. The highest BCUT2D eigenvalue weighted by atomic mass is 19.1. The number of amides is 1. The number of hydrogen-bond donors (Lipinski definition) is 2. The molecule has 0 aromatic heterocycles. The van der Waals surface area contributed by atoms with Crippen LogP contribution in [0.1, 0.15) is 77.5 Å². The number of methoxy groups -OCH3 is 1. The summed E-state index contributed by atoms with van der Waals surface area (Å²) >= 11 is 0. The van der Waals surface area contributed by atoms with E-state index in [1.807, 2.05) is 12.1 Å². The molecule has 8 nitrogen and oxygen atoms in total. The summed E-state index contributed by atoms with van der Waals surface area (Å²) < 4.78 is 20.8. The lowest BCUT2D eigenvalue weighted by Gasteiger charge is -2.62. The number of hydrogen-bond acceptors (Lipinski definition) is 7.